The minimum atomic E-state index is -0.623. The van der Waals surface area contributed by atoms with Crippen LogP contribution in [0.2, 0.25) is 0 Å². The SMILES string of the molecule is CC[C@@H](Oc1ccccc1)C(=O)Nc1sc2c(c1C(=O)OC)CCCC2. The molecule has 0 spiro atoms. The van der Waals surface area contributed by atoms with Gasteiger partial charge in [-0.05, 0) is 49.8 Å². The Morgan fingerprint density at radius 3 is 2.62 bits per heavy atom. The van der Waals surface area contributed by atoms with Gasteiger partial charge in [-0.1, -0.05) is 25.1 Å². The Hall–Kier alpha value is -2.34. The zero-order chi connectivity index (χ0) is 18.5. The molecule has 0 aliphatic heterocycles. The maximum absolute atomic E-state index is 12.7. The molecule has 1 aromatic carbocycles. The van der Waals surface area contributed by atoms with Gasteiger partial charge in [-0.15, -0.1) is 11.3 Å². The highest BCUT2D eigenvalue weighted by atomic mass is 32.1. The fourth-order valence-corrected chi connectivity index (χ4v) is 4.43. The summed E-state index contributed by atoms with van der Waals surface area (Å²) in [6, 6.07) is 9.26. The van der Waals surface area contributed by atoms with Gasteiger partial charge in [-0.2, -0.15) is 0 Å². The van der Waals surface area contributed by atoms with Crippen LogP contribution in [0.15, 0.2) is 30.3 Å². The fourth-order valence-electron chi connectivity index (χ4n) is 3.15. The summed E-state index contributed by atoms with van der Waals surface area (Å²) < 4.78 is 10.8. The molecule has 0 unspecified atom stereocenters. The molecule has 1 aromatic heterocycles. The number of hydrogen-bond acceptors (Lipinski definition) is 5. The first-order valence-electron chi connectivity index (χ1n) is 8.89. The number of nitrogens with one attached hydrogen (secondary N) is 1. The zero-order valence-electron chi connectivity index (χ0n) is 15.0. The molecule has 1 aliphatic carbocycles. The molecule has 1 heterocycles. The first-order chi connectivity index (χ1) is 12.6. The molecule has 3 rings (SSSR count). The van der Waals surface area contributed by atoms with E-state index in [1.165, 1.54) is 23.3 Å². The second-order valence-electron chi connectivity index (χ2n) is 6.22. The number of carbonyl (C=O) groups is 2. The van der Waals surface area contributed by atoms with Crippen molar-refractivity contribution in [1.29, 1.82) is 0 Å². The van der Waals surface area contributed by atoms with Gasteiger partial charge >= 0.3 is 5.97 Å². The number of benzene rings is 1. The Balaban J connectivity index is 1.81. The van der Waals surface area contributed by atoms with E-state index in [2.05, 4.69) is 5.32 Å². The van der Waals surface area contributed by atoms with Crippen LogP contribution in [0.5, 0.6) is 5.75 Å². The molecule has 1 atom stereocenters. The van der Waals surface area contributed by atoms with E-state index in [9.17, 15) is 9.59 Å². The van der Waals surface area contributed by atoms with Gasteiger partial charge in [0.1, 0.15) is 10.8 Å². The van der Waals surface area contributed by atoms with Gasteiger partial charge in [-0.3, -0.25) is 4.79 Å². The number of fused-ring (bicyclic) bond motifs is 1. The number of rotatable bonds is 6. The molecular weight excluding hydrogens is 350 g/mol. The summed E-state index contributed by atoms with van der Waals surface area (Å²) in [6.45, 7) is 1.90. The van der Waals surface area contributed by atoms with Crippen LogP contribution < -0.4 is 10.1 Å². The molecule has 1 aliphatic rings. The van der Waals surface area contributed by atoms with E-state index in [0.717, 1.165) is 31.2 Å². The van der Waals surface area contributed by atoms with Crippen LogP contribution in [-0.4, -0.2) is 25.1 Å². The third-order valence-electron chi connectivity index (χ3n) is 4.48. The Kier molecular flexibility index (Phi) is 5.93. The van der Waals surface area contributed by atoms with Crippen molar-refractivity contribution in [3.05, 3.63) is 46.3 Å². The predicted molar refractivity (Wildman–Crippen MR) is 102 cm³/mol. The summed E-state index contributed by atoms with van der Waals surface area (Å²) in [7, 11) is 1.37. The summed E-state index contributed by atoms with van der Waals surface area (Å²) >= 11 is 1.48. The second kappa shape index (κ2) is 8.36. The highest BCUT2D eigenvalue weighted by Gasteiger charge is 2.28. The third kappa shape index (κ3) is 3.90. The number of methoxy groups -OCH3 is 1. The number of carbonyl (C=O) groups excluding carboxylic acids is 2. The Morgan fingerprint density at radius 2 is 1.92 bits per heavy atom. The third-order valence-corrected chi connectivity index (χ3v) is 5.69. The number of hydrogen-bond donors (Lipinski definition) is 1. The summed E-state index contributed by atoms with van der Waals surface area (Å²) in [4.78, 5) is 26.2. The average Bonchev–Trinajstić information content (AvgIpc) is 3.04. The first-order valence-corrected chi connectivity index (χ1v) is 9.71. The minimum absolute atomic E-state index is 0.250. The lowest BCUT2D eigenvalue weighted by Crippen LogP contribution is -2.32. The Morgan fingerprint density at radius 1 is 1.19 bits per heavy atom. The predicted octanol–water partition coefficient (Wildman–Crippen LogP) is 4.21. The number of esters is 1. The van der Waals surface area contributed by atoms with E-state index in [1.807, 2.05) is 37.3 Å². The number of ether oxygens (including phenoxy) is 2. The number of anilines is 1. The number of aryl methyl sites for hydroxylation is 1. The van der Waals surface area contributed by atoms with Crippen molar-refractivity contribution in [3.8, 4) is 5.75 Å². The van der Waals surface area contributed by atoms with Crippen LogP contribution >= 0.6 is 11.3 Å². The van der Waals surface area contributed by atoms with Gasteiger partial charge < -0.3 is 14.8 Å². The lowest BCUT2D eigenvalue weighted by atomic mass is 9.95. The number of amides is 1. The average molecular weight is 373 g/mol. The standard InChI is InChI=1S/C20H23NO4S/c1-3-15(25-13-9-5-4-6-10-13)18(22)21-19-17(20(23)24-2)14-11-7-8-12-16(14)26-19/h4-6,9-10,15H,3,7-8,11-12H2,1-2H3,(H,21,22)/t15-/m1/s1. The van der Waals surface area contributed by atoms with Crippen molar-refractivity contribution in [2.24, 2.45) is 0 Å². The summed E-state index contributed by atoms with van der Waals surface area (Å²) in [5.74, 6) is 0.00462. The van der Waals surface area contributed by atoms with E-state index in [0.29, 0.717) is 22.7 Å². The molecule has 138 valence electrons. The van der Waals surface area contributed by atoms with E-state index in [1.54, 1.807) is 0 Å². The second-order valence-corrected chi connectivity index (χ2v) is 7.33. The molecule has 0 saturated heterocycles. The normalized spacial score (nSPS) is 14.2. The zero-order valence-corrected chi connectivity index (χ0v) is 15.9. The van der Waals surface area contributed by atoms with E-state index in [-0.39, 0.29) is 5.91 Å². The minimum Gasteiger partial charge on any atom is -0.481 e. The number of thiophene rings is 1. The molecule has 5 nitrogen and oxygen atoms in total. The van der Waals surface area contributed by atoms with Gasteiger partial charge in [-0.25, -0.2) is 4.79 Å². The maximum atomic E-state index is 12.7. The lowest BCUT2D eigenvalue weighted by molar-refractivity contribution is -0.122. The van der Waals surface area contributed by atoms with Gasteiger partial charge in [0, 0.05) is 4.88 Å². The van der Waals surface area contributed by atoms with Crippen LogP contribution in [0.3, 0.4) is 0 Å². The van der Waals surface area contributed by atoms with E-state index in [4.69, 9.17) is 9.47 Å². The molecular formula is C20H23NO4S. The largest absolute Gasteiger partial charge is 0.481 e. The molecule has 26 heavy (non-hydrogen) atoms. The topological polar surface area (TPSA) is 64.6 Å². The monoisotopic (exact) mass is 373 g/mol. The maximum Gasteiger partial charge on any atom is 0.341 e. The Bertz CT molecular complexity index is 785. The van der Waals surface area contributed by atoms with Crippen LogP contribution in [0, 0.1) is 0 Å². The fraction of sp³-hybridized carbons (Fsp3) is 0.400. The molecule has 0 fully saturated rings. The smallest absolute Gasteiger partial charge is 0.341 e. The molecule has 1 amide bonds. The molecule has 1 N–H and O–H groups in total. The van der Waals surface area contributed by atoms with Crippen LogP contribution in [0.25, 0.3) is 0 Å². The molecule has 0 saturated carbocycles. The van der Waals surface area contributed by atoms with Crippen molar-refractivity contribution in [2.45, 2.75) is 45.1 Å². The highest BCUT2D eigenvalue weighted by molar-refractivity contribution is 7.17. The van der Waals surface area contributed by atoms with E-state index >= 15 is 0 Å². The van der Waals surface area contributed by atoms with Crippen molar-refractivity contribution in [2.75, 3.05) is 12.4 Å². The lowest BCUT2D eigenvalue weighted by Gasteiger charge is -2.17. The van der Waals surface area contributed by atoms with Crippen LogP contribution in [0.4, 0.5) is 5.00 Å². The van der Waals surface area contributed by atoms with Gasteiger partial charge in [0.15, 0.2) is 6.10 Å². The molecule has 6 heteroatoms. The molecule has 2 aromatic rings. The highest BCUT2D eigenvalue weighted by Crippen LogP contribution is 2.38. The summed E-state index contributed by atoms with van der Waals surface area (Å²) in [6.07, 6.45) is 3.86. The molecule has 0 radical (unpaired) electrons. The van der Waals surface area contributed by atoms with Gasteiger partial charge in [0.2, 0.25) is 0 Å². The molecule has 0 bridgehead atoms. The van der Waals surface area contributed by atoms with Crippen molar-refractivity contribution < 1.29 is 19.1 Å². The summed E-state index contributed by atoms with van der Waals surface area (Å²) in [5.41, 5.74) is 1.54. The van der Waals surface area contributed by atoms with E-state index < -0.39 is 12.1 Å². The number of para-hydroxylation sites is 1. The Labute approximate surface area is 157 Å². The van der Waals surface area contributed by atoms with Crippen LogP contribution in [-0.2, 0) is 22.4 Å². The summed E-state index contributed by atoms with van der Waals surface area (Å²) in [5, 5.41) is 3.48. The van der Waals surface area contributed by atoms with Crippen LogP contribution in [0.1, 0.15) is 47.0 Å². The van der Waals surface area contributed by atoms with Crippen molar-refractivity contribution in [3.63, 3.8) is 0 Å². The van der Waals surface area contributed by atoms with Gasteiger partial charge in [0.25, 0.3) is 5.91 Å². The quantitative estimate of drug-likeness (QED) is 0.771. The van der Waals surface area contributed by atoms with Crippen molar-refractivity contribution in [1.82, 2.24) is 0 Å². The van der Waals surface area contributed by atoms with Gasteiger partial charge in [0.05, 0.1) is 12.7 Å². The van der Waals surface area contributed by atoms with Crippen molar-refractivity contribution >= 4 is 28.2 Å². The first kappa shape index (κ1) is 18.5.